The van der Waals surface area contributed by atoms with Crippen LogP contribution in [0.4, 0.5) is 11.4 Å². The smallest absolute Gasteiger partial charge is 0.223 e. The van der Waals surface area contributed by atoms with Gasteiger partial charge in [0.05, 0.1) is 0 Å². The van der Waals surface area contributed by atoms with E-state index in [2.05, 4.69) is 5.32 Å². The fourth-order valence-electron chi connectivity index (χ4n) is 2.70. The van der Waals surface area contributed by atoms with Gasteiger partial charge in [-0.15, -0.1) is 0 Å². The maximum Gasteiger partial charge on any atom is 0.223 e. The Kier molecular flexibility index (Phi) is 4.39. The number of hydrogen-bond donors (Lipinski definition) is 3. The second-order valence-corrected chi connectivity index (χ2v) is 5.28. The van der Waals surface area contributed by atoms with E-state index in [1.54, 1.807) is 18.0 Å². The Bertz CT molecular complexity index is 521. The summed E-state index contributed by atoms with van der Waals surface area (Å²) in [6.45, 7) is 3.49. The number of rotatable bonds is 3. The fourth-order valence-corrected chi connectivity index (χ4v) is 2.70. The lowest BCUT2D eigenvalue weighted by molar-refractivity contribution is -0.116. The molecule has 108 valence electrons. The molecule has 1 aliphatic rings. The molecule has 20 heavy (non-hydrogen) atoms. The number of carbonyl (C=O) groups is 1. The Hall–Kier alpha value is -1.88. The summed E-state index contributed by atoms with van der Waals surface area (Å²) < 4.78 is 0. The summed E-state index contributed by atoms with van der Waals surface area (Å²) in [6.07, 6.45) is 3.39. The second kappa shape index (κ2) is 6.05. The minimum Gasteiger partial charge on any atom is -0.398 e. The van der Waals surface area contributed by atoms with Gasteiger partial charge in [0.25, 0.3) is 0 Å². The van der Waals surface area contributed by atoms with E-state index < -0.39 is 0 Å². The average Bonchev–Trinajstić information content (AvgIpc) is 2.46. The summed E-state index contributed by atoms with van der Waals surface area (Å²) in [7, 11) is 1.74. The molecule has 0 bridgehead atoms. The third-order valence-electron chi connectivity index (χ3n) is 4.01. The van der Waals surface area contributed by atoms with Gasteiger partial charge in [0.2, 0.25) is 5.91 Å². The zero-order valence-corrected chi connectivity index (χ0v) is 12.1. The minimum atomic E-state index is -0.0248. The van der Waals surface area contributed by atoms with E-state index in [0.29, 0.717) is 11.6 Å². The largest absolute Gasteiger partial charge is 0.398 e. The molecule has 0 unspecified atom stereocenters. The van der Waals surface area contributed by atoms with Crippen molar-refractivity contribution in [1.29, 1.82) is 5.41 Å². The summed E-state index contributed by atoms with van der Waals surface area (Å²) in [4.78, 5) is 13.1. The Morgan fingerprint density at radius 2 is 2.10 bits per heavy atom. The molecule has 2 rings (SSSR count). The van der Waals surface area contributed by atoms with Crippen LogP contribution >= 0.6 is 0 Å². The Balaban J connectivity index is 2.46. The van der Waals surface area contributed by atoms with Crippen LogP contribution in [-0.2, 0) is 4.79 Å². The Morgan fingerprint density at radius 1 is 1.45 bits per heavy atom. The predicted molar refractivity (Wildman–Crippen MR) is 82.7 cm³/mol. The quantitative estimate of drug-likeness (QED) is 0.580. The first-order chi connectivity index (χ1) is 9.54. The van der Waals surface area contributed by atoms with Crippen molar-refractivity contribution in [2.45, 2.75) is 25.7 Å². The van der Waals surface area contributed by atoms with Gasteiger partial charge >= 0.3 is 0 Å². The molecule has 4 N–H and O–H groups in total. The number of benzene rings is 1. The number of hydrogen-bond acceptors (Lipinski definition) is 4. The molecule has 0 saturated carbocycles. The molecule has 0 atom stereocenters. The monoisotopic (exact) mass is 274 g/mol. The van der Waals surface area contributed by atoms with Crippen LogP contribution in [0.2, 0.25) is 0 Å². The summed E-state index contributed by atoms with van der Waals surface area (Å²) in [5.41, 5.74) is 9.32. The van der Waals surface area contributed by atoms with E-state index in [1.165, 1.54) is 13.1 Å². The van der Waals surface area contributed by atoms with Gasteiger partial charge < -0.3 is 21.4 Å². The van der Waals surface area contributed by atoms with Crippen LogP contribution in [0.15, 0.2) is 12.1 Å². The number of nitrogen functional groups attached to an aromatic ring is 1. The molecule has 1 amide bonds. The van der Waals surface area contributed by atoms with Crippen molar-refractivity contribution >= 4 is 23.5 Å². The number of nitrogens with one attached hydrogen (secondary N) is 2. The van der Waals surface area contributed by atoms with Crippen LogP contribution in [0, 0.1) is 5.41 Å². The first-order valence-corrected chi connectivity index (χ1v) is 6.93. The first kappa shape index (κ1) is 14.5. The molecule has 1 heterocycles. The van der Waals surface area contributed by atoms with Crippen molar-refractivity contribution in [3.05, 3.63) is 23.3 Å². The van der Waals surface area contributed by atoms with E-state index >= 15 is 0 Å². The predicted octanol–water partition coefficient (Wildman–Crippen LogP) is 1.72. The molecule has 1 saturated heterocycles. The number of anilines is 2. The number of piperidine rings is 1. The standard InChI is InChI=1S/C15H22N4O/c1-10(20)19(2)12-7-13(11-3-5-18-6-4-11)14(9-16)15(17)8-12/h7-9,11,16,18H,3-6,17H2,1-2H3. The van der Waals surface area contributed by atoms with E-state index in [-0.39, 0.29) is 5.91 Å². The van der Waals surface area contributed by atoms with Crippen molar-refractivity contribution in [2.75, 3.05) is 30.8 Å². The van der Waals surface area contributed by atoms with Crippen LogP contribution in [0.1, 0.15) is 36.8 Å². The normalized spacial score (nSPS) is 15.9. The fraction of sp³-hybridized carbons (Fsp3) is 0.467. The number of nitrogens with two attached hydrogens (primary N) is 1. The van der Waals surface area contributed by atoms with Gasteiger partial charge in [-0.05, 0) is 49.5 Å². The molecule has 0 spiro atoms. The maximum absolute atomic E-state index is 11.5. The van der Waals surface area contributed by atoms with Gasteiger partial charge in [0.15, 0.2) is 0 Å². The van der Waals surface area contributed by atoms with E-state index in [0.717, 1.165) is 42.7 Å². The summed E-state index contributed by atoms with van der Waals surface area (Å²) >= 11 is 0. The maximum atomic E-state index is 11.5. The van der Waals surface area contributed by atoms with Crippen LogP contribution in [-0.4, -0.2) is 32.3 Å². The third-order valence-corrected chi connectivity index (χ3v) is 4.01. The van der Waals surface area contributed by atoms with Crippen molar-refractivity contribution in [2.24, 2.45) is 0 Å². The van der Waals surface area contributed by atoms with Gasteiger partial charge in [-0.3, -0.25) is 4.79 Å². The molecule has 0 aliphatic carbocycles. The number of nitrogens with zero attached hydrogens (tertiary/aromatic N) is 1. The lowest BCUT2D eigenvalue weighted by Crippen LogP contribution is -2.28. The van der Waals surface area contributed by atoms with Crippen LogP contribution in [0.5, 0.6) is 0 Å². The third kappa shape index (κ3) is 2.82. The topological polar surface area (TPSA) is 82.2 Å². The van der Waals surface area contributed by atoms with Gasteiger partial charge in [0.1, 0.15) is 0 Å². The van der Waals surface area contributed by atoms with Crippen LogP contribution < -0.4 is 16.0 Å². The van der Waals surface area contributed by atoms with E-state index in [9.17, 15) is 4.79 Å². The number of carbonyl (C=O) groups excluding carboxylic acids is 1. The lowest BCUT2D eigenvalue weighted by atomic mass is 9.86. The van der Waals surface area contributed by atoms with Gasteiger partial charge in [-0.1, -0.05) is 0 Å². The molecular weight excluding hydrogens is 252 g/mol. The van der Waals surface area contributed by atoms with Gasteiger partial charge in [-0.25, -0.2) is 0 Å². The molecule has 0 aromatic heterocycles. The van der Waals surface area contributed by atoms with Gasteiger partial charge in [-0.2, -0.15) is 0 Å². The van der Waals surface area contributed by atoms with Crippen LogP contribution in [0.25, 0.3) is 0 Å². The Morgan fingerprint density at radius 3 is 2.65 bits per heavy atom. The lowest BCUT2D eigenvalue weighted by Gasteiger charge is -2.27. The van der Waals surface area contributed by atoms with Crippen molar-refractivity contribution in [1.82, 2.24) is 5.32 Å². The second-order valence-electron chi connectivity index (χ2n) is 5.28. The highest BCUT2D eigenvalue weighted by Crippen LogP contribution is 2.33. The molecule has 5 nitrogen and oxygen atoms in total. The molecule has 5 heteroatoms. The van der Waals surface area contributed by atoms with Crippen molar-refractivity contribution in [3.63, 3.8) is 0 Å². The summed E-state index contributed by atoms with van der Waals surface area (Å²) in [6, 6.07) is 3.78. The first-order valence-electron chi connectivity index (χ1n) is 6.93. The number of amides is 1. The minimum absolute atomic E-state index is 0.0248. The molecule has 1 aromatic rings. The molecule has 0 radical (unpaired) electrons. The van der Waals surface area contributed by atoms with E-state index in [1.807, 2.05) is 6.07 Å². The summed E-state index contributed by atoms with van der Waals surface area (Å²) in [5, 5.41) is 10.9. The molecular formula is C15H22N4O. The Labute approximate surface area is 119 Å². The van der Waals surface area contributed by atoms with Crippen LogP contribution in [0.3, 0.4) is 0 Å². The van der Waals surface area contributed by atoms with Crippen molar-refractivity contribution in [3.8, 4) is 0 Å². The zero-order chi connectivity index (χ0) is 14.7. The molecule has 1 aliphatic heterocycles. The highest BCUT2D eigenvalue weighted by atomic mass is 16.2. The molecule has 1 aromatic carbocycles. The zero-order valence-electron chi connectivity index (χ0n) is 12.1. The molecule has 1 fully saturated rings. The van der Waals surface area contributed by atoms with Gasteiger partial charge in [0, 0.05) is 37.1 Å². The highest BCUT2D eigenvalue weighted by Gasteiger charge is 2.21. The average molecular weight is 274 g/mol. The SMILES string of the molecule is CC(=O)N(C)c1cc(N)c(C=N)c(C2CCNCC2)c1. The summed E-state index contributed by atoms with van der Waals surface area (Å²) in [5.74, 6) is 0.374. The van der Waals surface area contributed by atoms with E-state index in [4.69, 9.17) is 11.1 Å². The highest BCUT2D eigenvalue weighted by molar-refractivity contribution is 5.94. The van der Waals surface area contributed by atoms with Crippen molar-refractivity contribution < 1.29 is 4.79 Å².